The second-order valence-electron chi connectivity index (χ2n) is 5.75. The number of thioether (sulfide) groups is 1. The second-order valence-corrected chi connectivity index (χ2v) is 6.74. The van der Waals surface area contributed by atoms with Crippen LogP contribution in [0.4, 0.5) is 4.79 Å². The summed E-state index contributed by atoms with van der Waals surface area (Å²) in [6, 6.07) is 8.26. The van der Waals surface area contributed by atoms with E-state index in [-0.39, 0.29) is 22.9 Å². The van der Waals surface area contributed by atoms with E-state index in [9.17, 15) is 19.5 Å². The van der Waals surface area contributed by atoms with Gasteiger partial charge in [-0.05, 0) is 43.0 Å². The number of hydrogen-bond acceptors (Lipinski definition) is 7. The zero-order valence-electron chi connectivity index (χ0n) is 15.0. The Morgan fingerprint density at radius 1 is 1.32 bits per heavy atom. The van der Waals surface area contributed by atoms with E-state index >= 15 is 0 Å². The molecule has 1 aromatic heterocycles. The van der Waals surface area contributed by atoms with Crippen LogP contribution in [0.25, 0.3) is 6.08 Å². The first-order chi connectivity index (χ1) is 13.5. The molecule has 2 N–H and O–H groups in total. The van der Waals surface area contributed by atoms with Gasteiger partial charge in [0.25, 0.3) is 11.1 Å². The van der Waals surface area contributed by atoms with Gasteiger partial charge in [0.2, 0.25) is 5.91 Å². The third-order valence-corrected chi connectivity index (χ3v) is 4.74. The Balaban J connectivity index is 1.68. The topological polar surface area (TPSA) is 109 Å². The van der Waals surface area contributed by atoms with Crippen molar-refractivity contribution in [3.8, 4) is 11.5 Å². The van der Waals surface area contributed by atoms with Crippen LogP contribution in [-0.2, 0) is 16.1 Å². The van der Waals surface area contributed by atoms with Gasteiger partial charge >= 0.3 is 0 Å². The molecule has 0 unspecified atom stereocenters. The van der Waals surface area contributed by atoms with Gasteiger partial charge < -0.3 is 19.6 Å². The number of nitrogens with zero attached hydrogens (tertiary/aromatic N) is 1. The van der Waals surface area contributed by atoms with Crippen molar-refractivity contribution in [2.24, 2.45) is 0 Å². The van der Waals surface area contributed by atoms with Gasteiger partial charge in [-0.15, -0.1) is 0 Å². The summed E-state index contributed by atoms with van der Waals surface area (Å²) in [4.78, 5) is 37.7. The summed E-state index contributed by atoms with van der Waals surface area (Å²) < 4.78 is 10.4. The minimum atomic E-state index is -0.593. The molecule has 9 heteroatoms. The molecule has 2 aromatic rings. The molecule has 0 bridgehead atoms. The van der Waals surface area contributed by atoms with Crippen LogP contribution in [0.3, 0.4) is 0 Å². The van der Waals surface area contributed by atoms with Crippen molar-refractivity contribution in [1.82, 2.24) is 10.2 Å². The van der Waals surface area contributed by atoms with Gasteiger partial charge in [-0.25, -0.2) is 0 Å². The highest BCUT2D eigenvalue weighted by molar-refractivity contribution is 8.18. The van der Waals surface area contributed by atoms with Crippen LogP contribution in [0.15, 0.2) is 45.9 Å². The fourth-order valence-corrected chi connectivity index (χ4v) is 3.33. The number of furan rings is 1. The van der Waals surface area contributed by atoms with Gasteiger partial charge in [0.15, 0.2) is 11.5 Å². The molecule has 0 atom stereocenters. The number of benzene rings is 1. The summed E-state index contributed by atoms with van der Waals surface area (Å²) in [5.74, 6) is -0.349. The molecule has 2 heterocycles. The molecular weight excluding hydrogens is 384 g/mol. The maximum atomic E-state index is 12.5. The van der Waals surface area contributed by atoms with Gasteiger partial charge in [-0.3, -0.25) is 19.3 Å². The highest BCUT2D eigenvalue weighted by Gasteiger charge is 2.36. The largest absolute Gasteiger partial charge is 0.504 e. The lowest BCUT2D eigenvalue weighted by molar-refractivity contribution is -0.129. The summed E-state index contributed by atoms with van der Waals surface area (Å²) in [6.45, 7) is 1.93. The van der Waals surface area contributed by atoms with Crippen LogP contribution >= 0.6 is 11.8 Å². The fourth-order valence-electron chi connectivity index (χ4n) is 2.50. The molecule has 0 radical (unpaired) electrons. The number of ether oxygens (including phenoxy) is 1. The summed E-state index contributed by atoms with van der Waals surface area (Å²) >= 11 is 0.710. The van der Waals surface area contributed by atoms with Crippen LogP contribution in [-0.4, -0.2) is 40.2 Å². The van der Waals surface area contributed by atoms with Gasteiger partial charge in [0.05, 0.1) is 24.3 Å². The Labute approximate surface area is 165 Å². The first-order valence-electron chi connectivity index (χ1n) is 8.48. The van der Waals surface area contributed by atoms with E-state index in [4.69, 9.17) is 9.15 Å². The number of aromatic hydroxyl groups is 1. The highest BCUT2D eigenvalue weighted by atomic mass is 32.2. The first kappa shape index (κ1) is 19.6. The summed E-state index contributed by atoms with van der Waals surface area (Å²) in [5, 5.41) is 12.3. The van der Waals surface area contributed by atoms with Crippen molar-refractivity contribution in [2.45, 2.75) is 13.5 Å². The van der Waals surface area contributed by atoms with Gasteiger partial charge in [0.1, 0.15) is 12.3 Å². The van der Waals surface area contributed by atoms with Crippen molar-refractivity contribution in [2.75, 3.05) is 13.2 Å². The zero-order chi connectivity index (χ0) is 20.1. The predicted molar refractivity (Wildman–Crippen MR) is 103 cm³/mol. The molecule has 146 valence electrons. The SMILES string of the molecule is CCOc1cccc(/C=C2\SC(=O)N(CC(=O)NCc3ccco3)C2=O)c1O. The van der Waals surface area contributed by atoms with Gasteiger partial charge in [-0.2, -0.15) is 0 Å². The van der Waals surface area contributed by atoms with E-state index in [0.29, 0.717) is 29.7 Å². The maximum Gasteiger partial charge on any atom is 0.294 e. The van der Waals surface area contributed by atoms with Crippen LogP contribution < -0.4 is 10.1 Å². The molecule has 1 aromatic carbocycles. The Hall–Kier alpha value is -3.20. The Morgan fingerprint density at radius 2 is 2.14 bits per heavy atom. The summed E-state index contributed by atoms with van der Waals surface area (Å²) in [5.41, 5.74) is 0.346. The lowest BCUT2D eigenvalue weighted by Crippen LogP contribution is -2.39. The molecule has 3 amide bonds. The van der Waals surface area contributed by atoms with Crippen LogP contribution in [0.5, 0.6) is 11.5 Å². The lowest BCUT2D eigenvalue weighted by atomic mass is 10.1. The number of hydrogen-bond donors (Lipinski definition) is 2. The number of carbonyl (C=O) groups is 3. The smallest absolute Gasteiger partial charge is 0.294 e. The molecule has 1 aliphatic rings. The summed E-state index contributed by atoms with van der Waals surface area (Å²) in [7, 11) is 0. The normalized spacial score (nSPS) is 15.3. The third-order valence-electron chi connectivity index (χ3n) is 3.83. The van der Waals surface area contributed by atoms with Crippen molar-refractivity contribution in [1.29, 1.82) is 0 Å². The molecule has 1 saturated heterocycles. The number of imide groups is 1. The van der Waals surface area contributed by atoms with Gasteiger partial charge in [-0.1, -0.05) is 12.1 Å². The minimum absolute atomic E-state index is 0.118. The average Bonchev–Trinajstić information content (AvgIpc) is 3.28. The van der Waals surface area contributed by atoms with E-state index in [0.717, 1.165) is 4.90 Å². The highest BCUT2D eigenvalue weighted by Crippen LogP contribution is 2.36. The summed E-state index contributed by atoms with van der Waals surface area (Å²) in [6.07, 6.45) is 2.89. The van der Waals surface area contributed by atoms with Crippen molar-refractivity contribution < 1.29 is 28.6 Å². The zero-order valence-corrected chi connectivity index (χ0v) is 15.8. The molecule has 0 spiro atoms. The maximum absolute atomic E-state index is 12.5. The number of carbonyl (C=O) groups excluding carboxylic acids is 3. The number of phenols is 1. The molecular formula is C19H18N2O6S. The molecule has 8 nitrogen and oxygen atoms in total. The van der Waals surface area contributed by atoms with Crippen molar-refractivity contribution in [3.63, 3.8) is 0 Å². The number of amides is 3. The average molecular weight is 402 g/mol. The van der Waals surface area contributed by atoms with Crippen molar-refractivity contribution in [3.05, 3.63) is 52.8 Å². The van der Waals surface area contributed by atoms with E-state index < -0.39 is 23.6 Å². The van der Waals surface area contributed by atoms with E-state index in [1.165, 1.54) is 12.3 Å². The standard InChI is InChI=1S/C19H18N2O6S/c1-2-26-14-7-3-5-12(17(14)23)9-15-18(24)21(19(25)28-15)11-16(22)20-10-13-6-4-8-27-13/h3-9,23H,2,10-11H2,1H3,(H,20,22)/b15-9-. The molecule has 1 fully saturated rings. The molecule has 1 aliphatic heterocycles. The Morgan fingerprint density at radius 3 is 2.86 bits per heavy atom. The van der Waals surface area contributed by atoms with Crippen LogP contribution in [0, 0.1) is 0 Å². The lowest BCUT2D eigenvalue weighted by Gasteiger charge is -2.12. The minimum Gasteiger partial charge on any atom is -0.504 e. The predicted octanol–water partition coefficient (Wildman–Crippen LogP) is 2.74. The van der Waals surface area contributed by atoms with E-state index in [1.54, 1.807) is 37.3 Å². The monoisotopic (exact) mass is 402 g/mol. The van der Waals surface area contributed by atoms with Crippen LogP contribution in [0.1, 0.15) is 18.2 Å². The quantitative estimate of drug-likeness (QED) is 0.686. The molecule has 3 rings (SSSR count). The Kier molecular flexibility index (Phi) is 6.05. The van der Waals surface area contributed by atoms with Crippen molar-refractivity contribution >= 4 is 34.9 Å². The Bertz CT molecular complexity index is 923. The van der Waals surface area contributed by atoms with Gasteiger partial charge in [0, 0.05) is 5.56 Å². The number of rotatable bonds is 7. The molecule has 0 saturated carbocycles. The number of nitrogens with one attached hydrogen (secondary N) is 1. The molecule has 0 aliphatic carbocycles. The first-order valence-corrected chi connectivity index (χ1v) is 9.30. The molecule has 28 heavy (non-hydrogen) atoms. The van der Waals surface area contributed by atoms with E-state index in [2.05, 4.69) is 5.32 Å². The number of para-hydroxylation sites is 1. The fraction of sp³-hybridized carbons (Fsp3) is 0.211. The second kappa shape index (κ2) is 8.66. The van der Waals surface area contributed by atoms with E-state index in [1.807, 2.05) is 0 Å². The van der Waals surface area contributed by atoms with Crippen LogP contribution in [0.2, 0.25) is 0 Å². The number of phenolic OH excluding ortho intramolecular Hbond substituents is 1. The third kappa shape index (κ3) is 4.37.